The maximum absolute atomic E-state index is 13.8. The van der Waals surface area contributed by atoms with E-state index in [2.05, 4.69) is 6.92 Å². The number of ether oxygens (including phenoxy) is 2. The van der Waals surface area contributed by atoms with E-state index in [-0.39, 0.29) is 17.9 Å². The minimum atomic E-state index is -0.166. The molecule has 1 aliphatic heterocycles. The second kappa shape index (κ2) is 11.6. The third kappa shape index (κ3) is 5.41. The summed E-state index contributed by atoms with van der Waals surface area (Å²) >= 11 is 0. The highest BCUT2D eigenvalue weighted by atomic mass is 16.5. The number of aryl methyl sites for hydroxylation is 2. The molecule has 1 saturated carbocycles. The van der Waals surface area contributed by atoms with Crippen LogP contribution < -0.4 is 0 Å². The standard InChI is InChI=1S/C26H38N2O4/c1-19-12-13-21(18-20(19)2)23-24(27(14-16-31-3)15-17-32-4)26(30)28(25(23)29)22-10-8-6-5-7-9-11-22/h12-13,18,22H,5-11,14-17H2,1-4H3. The van der Waals surface area contributed by atoms with Gasteiger partial charge in [0, 0.05) is 33.4 Å². The lowest BCUT2D eigenvalue weighted by Gasteiger charge is -2.30. The van der Waals surface area contributed by atoms with E-state index in [0.717, 1.165) is 36.8 Å². The van der Waals surface area contributed by atoms with Crippen molar-refractivity contribution in [2.75, 3.05) is 40.5 Å². The van der Waals surface area contributed by atoms with Gasteiger partial charge in [0.05, 0.1) is 18.8 Å². The number of rotatable bonds is 9. The molecule has 1 heterocycles. The molecule has 1 fully saturated rings. The first-order chi connectivity index (χ1) is 15.5. The van der Waals surface area contributed by atoms with Gasteiger partial charge in [-0.15, -0.1) is 0 Å². The molecule has 2 aliphatic rings. The number of benzene rings is 1. The van der Waals surface area contributed by atoms with Crippen LogP contribution in [0.5, 0.6) is 0 Å². The van der Waals surface area contributed by atoms with Crippen LogP contribution in [-0.2, 0) is 19.1 Å². The fourth-order valence-electron chi connectivity index (χ4n) is 4.75. The molecule has 0 atom stereocenters. The molecular weight excluding hydrogens is 404 g/mol. The van der Waals surface area contributed by atoms with Gasteiger partial charge in [0.1, 0.15) is 5.70 Å². The highest BCUT2D eigenvalue weighted by molar-refractivity contribution is 6.35. The van der Waals surface area contributed by atoms with Crippen LogP contribution in [0.1, 0.15) is 61.6 Å². The van der Waals surface area contributed by atoms with Gasteiger partial charge in [-0.2, -0.15) is 0 Å². The van der Waals surface area contributed by atoms with E-state index >= 15 is 0 Å². The van der Waals surface area contributed by atoms with Crippen molar-refractivity contribution in [1.82, 2.24) is 9.80 Å². The van der Waals surface area contributed by atoms with Crippen LogP contribution in [0.15, 0.2) is 23.9 Å². The van der Waals surface area contributed by atoms with Crippen molar-refractivity contribution in [1.29, 1.82) is 0 Å². The van der Waals surface area contributed by atoms with Gasteiger partial charge in [0.25, 0.3) is 11.8 Å². The zero-order chi connectivity index (χ0) is 23.1. The van der Waals surface area contributed by atoms with Gasteiger partial charge >= 0.3 is 0 Å². The number of amides is 2. The molecule has 0 saturated heterocycles. The molecule has 0 aromatic heterocycles. The van der Waals surface area contributed by atoms with Gasteiger partial charge in [-0.3, -0.25) is 14.5 Å². The molecular formula is C26H38N2O4. The summed E-state index contributed by atoms with van der Waals surface area (Å²) in [5.41, 5.74) is 4.11. The van der Waals surface area contributed by atoms with Crippen LogP contribution in [0.4, 0.5) is 0 Å². The Bertz CT molecular complexity index is 832. The SMILES string of the molecule is COCCN(CCOC)C1=C(c2ccc(C)c(C)c2)C(=O)N(C2CCCCCCC2)C1=O. The van der Waals surface area contributed by atoms with Crippen LogP contribution in [0.25, 0.3) is 5.57 Å². The lowest BCUT2D eigenvalue weighted by Crippen LogP contribution is -2.43. The minimum Gasteiger partial charge on any atom is -0.383 e. The highest BCUT2D eigenvalue weighted by Crippen LogP contribution is 2.36. The summed E-state index contributed by atoms with van der Waals surface area (Å²) in [6, 6.07) is 6.00. The summed E-state index contributed by atoms with van der Waals surface area (Å²) in [4.78, 5) is 31.2. The van der Waals surface area contributed by atoms with Crippen LogP contribution in [0.3, 0.4) is 0 Å². The Labute approximate surface area is 192 Å². The predicted molar refractivity (Wildman–Crippen MR) is 126 cm³/mol. The van der Waals surface area contributed by atoms with Gasteiger partial charge < -0.3 is 14.4 Å². The summed E-state index contributed by atoms with van der Waals surface area (Å²) in [6.45, 7) is 6.10. The second-order valence-electron chi connectivity index (χ2n) is 8.97. The van der Waals surface area contributed by atoms with E-state index in [1.54, 1.807) is 19.1 Å². The van der Waals surface area contributed by atoms with Crippen molar-refractivity contribution in [2.24, 2.45) is 0 Å². The molecule has 0 bridgehead atoms. The third-order valence-corrected chi connectivity index (χ3v) is 6.77. The Morgan fingerprint density at radius 1 is 0.875 bits per heavy atom. The van der Waals surface area contributed by atoms with E-state index in [1.165, 1.54) is 24.8 Å². The maximum atomic E-state index is 13.8. The van der Waals surface area contributed by atoms with E-state index in [1.807, 2.05) is 30.0 Å². The van der Waals surface area contributed by atoms with Crippen molar-refractivity contribution in [2.45, 2.75) is 64.8 Å². The highest BCUT2D eigenvalue weighted by Gasteiger charge is 2.44. The van der Waals surface area contributed by atoms with E-state index in [9.17, 15) is 9.59 Å². The van der Waals surface area contributed by atoms with E-state index < -0.39 is 0 Å². The summed E-state index contributed by atoms with van der Waals surface area (Å²) < 4.78 is 10.6. The van der Waals surface area contributed by atoms with Gasteiger partial charge in [-0.25, -0.2) is 0 Å². The van der Waals surface area contributed by atoms with Crippen LogP contribution in [0.2, 0.25) is 0 Å². The maximum Gasteiger partial charge on any atom is 0.278 e. The molecule has 1 aromatic rings. The average Bonchev–Trinajstić information content (AvgIpc) is 3.01. The number of hydrogen-bond donors (Lipinski definition) is 0. The van der Waals surface area contributed by atoms with Gasteiger partial charge in [-0.05, 0) is 43.4 Å². The summed E-state index contributed by atoms with van der Waals surface area (Å²) in [7, 11) is 3.30. The van der Waals surface area contributed by atoms with Gasteiger partial charge in [-0.1, -0.05) is 50.3 Å². The lowest BCUT2D eigenvalue weighted by molar-refractivity contribution is -0.140. The quantitative estimate of drug-likeness (QED) is 0.539. The minimum absolute atomic E-state index is 0.0268. The summed E-state index contributed by atoms with van der Waals surface area (Å²) in [5.74, 6) is -0.320. The first-order valence-electron chi connectivity index (χ1n) is 11.9. The third-order valence-electron chi connectivity index (χ3n) is 6.77. The number of hydrogen-bond acceptors (Lipinski definition) is 5. The molecule has 6 nitrogen and oxygen atoms in total. The summed E-state index contributed by atoms with van der Waals surface area (Å²) in [5, 5.41) is 0. The molecule has 0 radical (unpaired) electrons. The van der Waals surface area contributed by atoms with Gasteiger partial charge in [0.2, 0.25) is 0 Å². The van der Waals surface area contributed by atoms with Crippen molar-refractivity contribution in [3.05, 3.63) is 40.6 Å². The lowest BCUT2D eigenvalue weighted by atomic mass is 9.95. The normalized spacial score (nSPS) is 18.3. The average molecular weight is 443 g/mol. The zero-order valence-electron chi connectivity index (χ0n) is 20.1. The second-order valence-corrected chi connectivity index (χ2v) is 8.97. The predicted octanol–water partition coefficient (Wildman–Crippen LogP) is 4.09. The topological polar surface area (TPSA) is 59.1 Å². The summed E-state index contributed by atoms with van der Waals surface area (Å²) in [6.07, 6.45) is 7.49. The molecule has 32 heavy (non-hydrogen) atoms. The number of imide groups is 1. The Morgan fingerprint density at radius 3 is 2.03 bits per heavy atom. The fraction of sp³-hybridized carbons (Fsp3) is 0.615. The van der Waals surface area contributed by atoms with Crippen molar-refractivity contribution in [3.63, 3.8) is 0 Å². The Morgan fingerprint density at radius 2 is 1.47 bits per heavy atom. The van der Waals surface area contributed by atoms with Crippen LogP contribution >= 0.6 is 0 Å². The van der Waals surface area contributed by atoms with Crippen LogP contribution in [-0.4, -0.2) is 68.2 Å². The Hall–Kier alpha value is -2.18. The first-order valence-corrected chi connectivity index (χ1v) is 11.9. The zero-order valence-corrected chi connectivity index (χ0v) is 20.1. The van der Waals surface area contributed by atoms with Crippen LogP contribution in [0, 0.1) is 13.8 Å². The van der Waals surface area contributed by atoms with E-state index in [4.69, 9.17) is 9.47 Å². The molecule has 176 valence electrons. The van der Waals surface area contributed by atoms with Crippen molar-refractivity contribution >= 4 is 17.4 Å². The molecule has 0 spiro atoms. The Kier molecular flexibility index (Phi) is 8.88. The Balaban J connectivity index is 2.05. The van der Waals surface area contributed by atoms with Crippen molar-refractivity contribution < 1.29 is 19.1 Å². The van der Waals surface area contributed by atoms with E-state index in [0.29, 0.717) is 37.6 Å². The monoisotopic (exact) mass is 442 g/mol. The smallest absolute Gasteiger partial charge is 0.278 e. The molecule has 0 unspecified atom stereocenters. The molecule has 2 amide bonds. The number of carbonyl (C=O) groups is 2. The number of methoxy groups -OCH3 is 2. The molecule has 6 heteroatoms. The fourth-order valence-corrected chi connectivity index (χ4v) is 4.75. The number of carbonyl (C=O) groups excluding carboxylic acids is 2. The number of nitrogens with zero attached hydrogens (tertiary/aromatic N) is 2. The first kappa shape index (κ1) is 24.5. The molecule has 1 aliphatic carbocycles. The molecule has 0 N–H and O–H groups in total. The van der Waals surface area contributed by atoms with Gasteiger partial charge in [0.15, 0.2) is 0 Å². The molecule has 3 rings (SSSR count). The van der Waals surface area contributed by atoms with Crippen molar-refractivity contribution in [3.8, 4) is 0 Å². The molecule has 1 aromatic carbocycles. The largest absolute Gasteiger partial charge is 0.383 e.